The highest BCUT2D eigenvalue weighted by Crippen LogP contribution is 2.45. The summed E-state index contributed by atoms with van der Waals surface area (Å²) in [6.07, 6.45) is -5.46. The smallest absolute Gasteiger partial charge is 0.406 e. The van der Waals surface area contributed by atoms with Crippen LogP contribution in [0.25, 0.3) is 0 Å². The van der Waals surface area contributed by atoms with Gasteiger partial charge in [-0.1, -0.05) is 0 Å². The average Bonchev–Trinajstić information content (AvgIpc) is 2.96. The van der Waals surface area contributed by atoms with Crippen LogP contribution >= 0.6 is 11.3 Å². The summed E-state index contributed by atoms with van der Waals surface area (Å²) in [5.74, 6) is -2.40. The molecule has 1 aliphatic heterocycles. The maximum Gasteiger partial charge on any atom is 0.406 e. The maximum atomic E-state index is 13.0. The number of carbonyl (C=O) groups excluding carboxylic acids is 1. The standard InChI is InChI=1S/C12H12F3NO3S/c13-12(14,15)11(10(18)19)2-3-16(7-11)9(17)5-8-1-4-20-6-8/h1,4,6H,2-3,5,7H2,(H,18,19)/t11-/m0/s1. The topological polar surface area (TPSA) is 57.6 Å². The average molecular weight is 307 g/mol. The van der Waals surface area contributed by atoms with Crippen molar-refractivity contribution >= 4 is 23.2 Å². The largest absolute Gasteiger partial charge is 0.481 e. The molecular weight excluding hydrogens is 295 g/mol. The molecule has 0 spiro atoms. The number of hydrogen-bond acceptors (Lipinski definition) is 3. The predicted octanol–water partition coefficient (Wildman–Crippen LogP) is 2.16. The summed E-state index contributed by atoms with van der Waals surface area (Å²) >= 11 is 1.39. The fourth-order valence-corrected chi connectivity index (χ4v) is 2.90. The Morgan fingerprint density at radius 1 is 1.45 bits per heavy atom. The Labute approximate surface area is 116 Å². The number of rotatable bonds is 3. The molecule has 4 nitrogen and oxygen atoms in total. The Kier molecular flexibility index (Phi) is 3.77. The van der Waals surface area contributed by atoms with Crippen LogP contribution in [-0.4, -0.2) is 41.1 Å². The van der Waals surface area contributed by atoms with Crippen LogP contribution in [-0.2, 0) is 16.0 Å². The van der Waals surface area contributed by atoms with Crippen molar-refractivity contribution in [3.8, 4) is 0 Å². The number of alkyl halides is 3. The number of hydrogen-bond donors (Lipinski definition) is 1. The van der Waals surface area contributed by atoms with Gasteiger partial charge in [-0.15, -0.1) is 0 Å². The first-order valence-corrected chi connectivity index (χ1v) is 6.79. The fourth-order valence-electron chi connectivity index (χ4n) is 2.23. The van der Waals surface area contributed by atoms with E-state index in [1.165, 1.54) is 11.3 Å². The van der Waals surface area contributed by atoms with Crippen LogP contribution in [0.3, 0.4) is 0 Å². The minimum Gasteiger partial charge on any atom is -0.481 e. The molecule has 0 aliphatic carbocycles. The molecule has 1 aromatic heterocycles. The molecular formula is C12H12F3NO3S. The van der Waals surface area contributed by atoms with Gasteiger partial charge in [-0.25, -0.2) is 0 Å². The molecule has 0 aromatic carbocycles. The summed E-state index contributed by atoms with van der Waals surface area (Å²) in [4.78, 5) is 23.9. The number of thiophene rings is 1. The molecule has 8 heteroatoms. The minimum absolute atomic E-state index is 0.00292. The van der Waals surface area contributed by atoms with Gasteiger partial charge in [0.2, 0.25) is 5.91 Å². The van der Waals surface area contributed by atoms with Gasteiger partial charge in [0.05, 0.1) is 6.42 Å². The molecule has 1 aromatic rings. The third-order valence-electron chi connectivity index (χ3n) is 3.51. The van der Waals surface area contributed by atoms with Gasteiger partial charge in [0, 0.05) is 13.1 Å². The van der Waals surface area contributed by atoms with Gasteiger partial charge in [-0.2, -0.15) is 24.5 Å². The molecule has 110 valence electrons. The lowest BCUT2D eigenvalue weighted by molar-refractivity contribution is -0.227. The highest BCUT2D eigenvalue weighted by Gasteiger charge is 2.64. The summed E-state index contributed by atoms with van der Waals surface area (Å²) < 4.78 is 38.9. The third-order valence-corrected chi connectivity index (χ3v) is 4.24. The molecule has 1 atom stereocenters. The van der Waals surface area contributed by atoms with Crippen LogP contribution in [0.4, 0.5) is 13.2 Å². The second-order valence-electron chi connectivity index (χ2n) is 4.76. The number of nitrogens with zero attached hydrogens (tertiary/aromatic N) is 1. The maximum absolute atomic E-state index is 13.0. The third kappa shape index (κ3) is 2.52. The summed E-state index contributed by atoms with van der Waals surface area (Å²) in [7, 11) is 0. The van der Waals surface area contributed by atoms with Crippen molar-refractivity contribution in [3.63, 3.8) is 0 Å². The predicted molar refractivity (Wildman–Crippen MR) is 65.3 cm³/mol. The number of carboxylic acids is 1. The second-order valence-corrected chi connectivity index (χ2v) is 5.54. The van der Waals surface area contributed by atoms with E-state index in [1.807, 2.05) is 0 Å². The molecule has 0 radical (unpaired) electrons. The summed E-state index contributed by atoms with van der Waals surface area (Å²) in [6, 6.07) is 1.72. The van der Waals surface area contributed by atoms with Crippen LogP contribution in [0.15, 0.2) is 16.8 Å². The molecule has 1 fully saturated rings. The zero-order valence-corrected chi connectivity index (χ0v) is 11.1. The Hall–Kier alpha value is -1.57. The number of aliphatic carboxylic acids is 1. The quantitative estimate of drug-likeness (QED) is 0.931. The highest BCUT2D eigenvalue weighted by molar-refractivity contribution is 7.07. The first kappa shape index (κ1) is 14.8. The Morgan fingerprint density at radius 3 is 2.60 bits per heavy atom. The fraction of sp³-hybridized carbons (Fsp3) is 0.500. The summed E-state index contributed by atoms with van der Waals surface area (Å²) in [5, 5.41) is 12.4. The van der Waals surface area contributed by atoms with Crippen LogP contribution in [0.1, 0.15) is 12.0 Å². The molecule has 1 saturated heterocycles. The van der Waals surface area contributed by atoms with Gasteiger partial charge in [0.25, 0.3) is 0 Å². The first-order valence-electron chi connectivity index (χ1n) is 5.85. The molecule has 2 heterocycles. The van der Waals surface area contributed by atoms with Crippen molar-refractivity contribution in [2.45, 2.75) is 19.0 Å². The Bertz CT molecular complexity index is 515. The zero-order valence-electron chi connectivity index (χ0n) is 10.3. The minimum atomic E-state index is -4.86. The number of likely N-dealkylation sites (tertiary alicyclic amines) is 1. The van der Waals surface area contributed by atoms with E-state index in [4.69, 9.17) is 5.11 Å². The van der Waals surface area contributed by atoms with Gasteiger partial charge < -0.3 is 10.0 Å². The zero-order chi connectivity index (χ0) is 15.0. The first-order chi connectivity index (χ1) is 9.26. The number of carbonyl (C=O) groups is 2. The SMILES string of the molecule is O=C(Cc1ccsc1)N1CC[C@](C(=O)O)(C(F)(F)F)C1. The van der Waals surface area contributed by atoms with E-state index >= 15 is 0 Å². The van der Waals surface area contributed by atoms with Gasteiger partial charge in [0.15, 0.2) is 5.41 Å². The lowest BCUT2D eigenvalue weighted by Crippen LogP contribution is -2.47. The van der Waals surface area contributed by atoms with Crippen molar-refractivity contribution in [1.82, 2.24) is 4.90 Å². The van der Waals surface area contributed by atoms with E-state index in [0.29, 0.717) is 0 Å². The summed E-state index contributed by atoms with van der Waals surface area (Å²) in [6.45, 7) is -0.996. The lowest BCUT2D eigenvalue weighted by atomic mass is 9.86. The van der Waals surface area contributed by atoms with E-state index in [9.17, 15) is 22.8 Å². The molecule has 20 heavy (non-hydrogen) atoms. The van der Waals surface area contributed by atoms with Crippen molar-refractivity contribution in [2.24, 2.45) is 5.41 Å². The van der Waals surface area contributed by atoms with Crippen LogP contribution in [0.5, 0.6) is 0 Å². The van der Waals surface area contributed by atoms with Crippen LogP contribution in [0, 0.1) is 5.41 Å². The van der Waals surface area contributed by atoms with Crippen molar-refractivity contribution < 1.29 is 27.9 Å². The summed E-state index contributed by atoms with van der Waals surface area (Å²) in [5.41, 5.74) is -2.11. The monoisotopic (exact) mass is 307 g/mol. The van der Waals surface area contributed by atoms with Gasteiger partial charge in [0.1, 0.15) is 0 Å². The number of halogens is 3. The Morgan fingerprint density at radius 2 is 2.15 bits per heavy atom. The molecule has 1 amide bonds. The molecule has 1 N–H and O–H groups in total. The van der Waals surface area contributed by atoms with Gasteiger partial charge >= 0.3 is 12.1 Å². The van der Waals surface area contributed by atoms with Crippen molar-refractivity contribution in [3.05, 3.63) is 22.4 Å². The lowest BCUT2D eigenvalue weighted by Gasteiger charge is -2.27. The van der Waals surface area contributed by atoms with Crippen LogP contribution in [0.2, 0.25) is 0 Å². The van der Waals surface area contributed by atoms with Crippen LogP contribution < -0.4 is 0 Å². The molecule has 2 rings (SSSR count). The number of amides is 1. The Balaban J connectivity index is 2.11. The van der Waals surface area contributed by atoms with Crippen molar-refractivity contribution in [2.75, 3.05) is 13.1 Å². The van der Waals surface area contributed by atoms with Crippen molar-refractivity contribution in [1.29, 1.82) is 0 Å². The molecule has 1 aliphatic rings. The van der Waals surface area contributed by atoms with Gasteiger partial charge in [-0.05, 0) is 28.8 Å². The van der Waals surface area contributed by atoms with E-state index in [1.54, 1.807) is 16.8 Å². The van der Waals surface area contributed by atoms with Gasteiger partial charge in [-0.3, -0.25) is 9.59 Å². The second kappa shape index (κ2) is 5.08. The van der Waals surface area contributed by atoms with E-state index in [-0.39, 0.29) is 13.0 Å². The molecule has 0 bridgehead atoms. The number of carboxylic acid groups (broad SMARTS) is 1. The molecule has 0 unspecified atom stereocenters. The highest BCUT2D eigenvalue weighted by atomic mass is 32.1. The van der Waals surface area contributed by atoms with E-state index in [2.05, 4.69) is 0 Å². The van der Waals surface area contributed by atoms with E-state index in [0.717, 1.165) is 10.5 Å². The normalized spacial score (nSPS) is 23.1. The molecule has 0 saturated carbocycles. The van der Waals surface area contributed by atoms with E-state index < -0.39 is 36.4 Å².